The Balaban J connectivity index is 2.28. The first-order valence-corrected chi connectivity index (χ1v) is 8.30. The Morgan fingerprint density at radius 3 is 2.50 bits per heavy atom. The van der Waals surface area contributed by atoms with Gasteiger partial charge in [-0.2, -0.15) is 0 Å². The molecule has 2 N–H and O–H groups in total. The summed E-state index contributed by atoms with van der Waals surface area (Å²) in [5.74, 6) is -0.380. The lowest BCUT2D eigenvalue weighted by atomic mass is 9.89. The molecule has 0 aromatic heterocycles. The summed E-state index contributed by atoms with van der Waals surface area (Å²) in [4.78, 5) is 0. The highest BCUT2D eigenvalue weighted by molar-refractivity contribution is 7.90. The van der Waals surface area contributed by atoms with Gasteiger partial charge >= 0.3 is 0 Å². The minimum absolute atomic E-state index is 0.380. The number of benzene rings is 1. The van der Waals surface area contributed by atoms with Crippen LogP contribution in [0.3, 0.4) is 0 Å². The SMILES string of the molecule is CC(C)S(=O)(=O)NC1CCCC1(O)c1ccc(F)cc1. The third-order valence-electron chi connectivity index (χ3n) is 3.90. The van der Waals surface area contributed by atoms with E-state index in [1.807, 2.05) is 0 Å². The van der Waals surface area contributed by atoms with E-state index in [9.17, 15) is 17.9 Å². The quantitative estimate of drug-likeness (QED) is 0.892. The summed E-state index contributed by atoms with van der Waals surface area (Å²) in [6.07, 6.45) is 1.75. The molecule has 20 heavy (non-hydrogen) atoms. The Kier molecular flexibility index (Phi) is 4.18. The van der Waals surface area contributed by atoms with Gasteiger partial charge in [0.1, 0.15) is 11.4 Å². The van der Waals surface area contributed by atoms with Crippen molar-refractivity contribution in [1.82, 2.24) is 4.72 Å². The van der Waals surface area contributed by atoms with Gasteiger partial charge in [0.05, 0.1) is 11.3 Å². The molecular formula is C14H20FNO3S. The van der Waals surface area contributed by atoms with Crippen LogP contribution in [-0.4, -0.2) is 24.8 Å². The predicted molar refractivity (Wildman–Crippen MR) is 75.1 cm³/mol. The van der Waals surface area contributed by atoms with Crippen LogP contribution in [-0.2, 0) is 15.6 Å². The monoisotopic (exact) mass is 301 g/mol. The molecule has 1 aromatic carbocycles. The number of rotatable bonds is 4. The Bertz CT molecular complexity index is 571. The molecule has 1 aliphatic carbocycles. The predicted octanol–water partition coefficient (Wildman–Crippen LogP) is 1.89. The van der Waals surface area contributed by atoms with E-state index in [-0.39, 0.29) is 5.82 Å². The van der Waals surface area contributed by atoms with Crippen LogP contribution in [0, 0.1) is 5.82 Å². The normalized spacial score (nSPS) is 27.1. The number of aliphatic hydroxyl groups is 1. The molecule has 1 saturated carbocycles. The summed E-state index contributed by atoms with van der Waals surface area (Å²) in [7, 11) is -3.45. The van der Waals surface area contributed by atoms with E-state index in [1.165, 1.54) is 24.3 Å². The van der Waals surface area contributed by atoms with E-state index in [1.54, 1.807) is 13.8 Å². The summed E-state index contributed by atoms with van der Waals surface area (Å²) < 4.78 is 39.5. The molecule has 0 saturated heterocycles. The first kappa shape index (κ1) is 15.4. The number of nitrogens with one attached hydrogen (secondary N) is 1. The fourth-order valence-electron chi connectivity index (χ4n) is 2.56. The van der Waals surface area contributed by atoms with E-state index in [2.05, 4.69) is 4.72 Å². The van der Waals surface area contributed by atoms with Gasteiger partial charge < -0.3 is 5.11 Å². The molecule has 0 radical (unpaired) electrons. The van der Waals surface area contributed by atoms with Crippen molar-refractivity contribution >= 4 is 10.0 Å². The highest BCUT2D eigenvalue weighted by atomic mass is 32.2. The van der Waals surface area contributed by atoms with Gasteiger partial charge in [0.15, 0.2) is 0 Å². The molecule has 0 bridgehead atoms. The first-order chi connectivity index (χ1) is 9.25. The molecule has 0 amide bonds. The van der Waals surface area contributed by atoms with Crippen molar-refractivity contribution in [3.63, 3.8) is 0 Å². The smallest absolute Gasteiger partial charge is 0.214 e. The minimum Gasteiger partial charge on any atom is -0.383 e. The van der Waals surface area contributed by atoms with Gasteiger partial charge in [-0.15, -0.1) is 0 Å². The fourth-order valence-corrected chi connectivity index (χ4v) is 3.55. The van der Waals surface area contributed by atoms with Crippen molar-refractivity contribution in [2.75, 3.05) is 0 Å². The molecule has 2 rings (SSSR count). The second-order valence-corrected chi connectivity index (χ2v) is 7.86. The van der Waals surface area contributed by atoms with Crippen molar-refractivity contribution in [1.29, 1.82) is 0 Å². The molecule has 4 nitrogen and oxygen atoms in total. The van der Waals surface area contributed by atoms with Crippen molar-refractivity contribution < 1.29 is 17.9 Å². The standard InChI is InChI=1S/C14H20FNO3S/c1-10(2)20(18,19)16-13-4-3-9-14(13,17)11-5-7-12(15)8-6-11/h5-8,10,13,16-17H,3-4,9H2,1-2H3. The van der Waals surface area contributed by atoms with Gasteiger partial charge in [-0.1, -0.05) is 12.1 Å². The Morgan fingerprint density at radius 2 is 1.95 bits per heavy atom. The number of hydrogen-bond donors (Lipinski definition) is 2. The summed E-state index contributed by atoms with van der Waals surface area (Å²) in [5.41, 5.74) is -0.719. The number of halogens is 1. The van der Waals surface area contributed by atoms with Crippen LogP contribution in [0.15, 0.2) is 24.3 Å². The van der Waals surface area contributed by atoms with E-state index in [0.717, 1.165) is 6.42 Å². The molecule has 2 unspecified atom stereocenters. The van der Waals surface area contributed by atoms with Gasteiger partial charge in [0.25, 0.3) is 0 Å². The van der Waals surface area contributed by atoms with Crippen molar-refractivity contribution in [3.8, 4) is 0 Å². The lowest BCUT2D eigenvalue weighted by Crippen LogP contribution is -2.48. The van der Waals surface area contributed by atoms with Gasteiger partial charge in [0, 0.05) is 0 Å². The Labute approximate surface area is 119 Å². The second-order valence-electron chi connectivity index (χ2n) is 5.59. The van der Waals surface area contributed by atoms with Crippen LogP contribution >= 0.6 is 0 Å². The third kappa shape index (κ3) is 2.87. The molecule has 6 heteroatoms. The van der Waals surface area contributed by atoms with Gasteiger partial charge in [-0.05, 0) is 50.8 Å². The van der Waals surface area contributed by atoms with Crippen LogP contribution in [0.5, 0.6) is 0 Å². The average molecular weight is 301 g/mol. The summed E-state index contributed by atoms with van der Waals surface area (Å²) in [6, 6.07) is 5.01. The molecule has 0 aliphatic heterocycles. The van der Waals surface area contributed by atoms with Crippen LogP contribution in [0.1, 0.15) is 38.7 Å². The topological polar surface area (TPSA) is 66.4 Å². The summed E-state index contributed by atoms with van der Waals surface area (Å²) >= 11 is 0. The Hall–Kier alpha value is -0.980. The van der Waals surface area contributed by atoms with E-state index >= 15 is 0 Å². The van der Waals surface area contributed by atoms with Gasteiger partial charge in [-0.25, -0.2) is 17.5 Å². The highest BCUT2D eigenvalue weighted by Gasteiger charge is 2.44. The first-order valence-electron chi connectivity index (χ1n) is 6.75. The number of hydrogen-bond acceptors (Lipinski definition) is 3. The van der Waals surface area contributed by atoms with E-state index < -0.39 is 26.9 Å². The van der Waals surface area contributed by atoms with Gasteiger partial charge in [-0.3, -0.25) is 0 Å². The highest BCUT2D eigenvalue weighted by Crippen LogP contribution is 2.39. The molecule has 1 aromatic rings. The van der Waals surface area contributed by atoms with Crippen LogP contribution < -0.4 is 4.72 Å². The molecule has 0 spiro atoms. The maximum atomic E-state index is 13.0. The number of sulfonamides is 1. The molecule has 1 aliphatic rings. The zero-order chi connectivity index (χ0) is 15.0. The zero-order valence-electron chi connectivity index (χ0n) is 11.6. The summed E-state index contributed by atoms with van der Waals surface area (Å²) in [5, 5.41) is 10.3. The molecule has 0 heterocycles. The van der Waals surface area contributed by atoms with Crippen LogP contribution in [0.2, 0.25) is 0 Å². The second kappa shape index (κ2) is 5.42. The summed E-state index contributed by atoms with van der Waals surface area (Å²) in [6.45, 7) is 3.18. The van der Waals surface area contributed by atoms with Gasteiger partial charge in [0.2, 0.25) is 10.0 Å². The average Bonchev–Trinajstić information content (AvgIpc) is 2.72. The zero-order valence-corrected chi connectivity index (χ0v) is 12.5. The molecule has 112 valence electrons. The maximum Gasteiger partial charge on any atom is 0.214 e. The third-order valence-corrected chi connectivity index (χ3v) is 5.75. The van der Waals surface area contributed by atoms with E-state index in [0.29, 0.717) is 18.4 Å². The lowest BCUT2D eigenvalue weighted by molar-refractivity contribution is 0.0230. The lowest BCUT2D eigenvalue weighted by Gasteiger charge is -2.31. The van der Waals surface area contributed by atoms with E-state index in [4.69, 9.17) is 0 Å². The molecule has 1 fully saturated rings. The van der Waals surface area contributed by atoms with Crippen molar-refractivity contribution in [2.24, 2.45) is 0 Å². The van der Waals surface area contributed by atoms with Crippen LogP contribution in [0.25, 0.3) is 0 Å². The largest absolute Gasteiger partial charge is 0.383 e. The Morgan fingerprint density at radius 1 is 1.35 bits per heavy atom. The minimum atomic E-state index is -3.45. The molecule has 2 atom stereocenters. The fraction of sp³-hybridized carbons (Fsp3) is 0.571. The molecular weight excluding hydrogens is 281 g/mol. The maximum absolute atomic E-state index is 13.0. The van der Waals surface area contributed by atoms with Crippen molar-refractivity contribution in [2.45, 2.75) is 50.0 Å². The van der Waals surface area contributed by atoms with Crippen molar-refractivity contribution in [3.05, 3.63) is 35.6 Å². The van der Waals surface area contributed by atoms with Crippen LogP contribution in [0.4, 0.5) is 4.39 Å².